The number of carbonyl (C=O) groups is 2. The molecule has 2 N–H and O–H groups in total. The van der Waals surface area contributed by atoms with Crippen LogP contribution in [0, 0.1) is 12.8 Å². The Hall–Kier alpha value is -3.48. The van der Waals surface area contributed by atoms with Gasteiger partial charge in [0.25, 0.3) is 5.56 Å². The summed E-state index contributed by atoms with van der Waals surface area (Å²) in [5, 5.41) is 12.6. The van der Waals surface area contributed by atoms with E-state index in [-0.39, 0.29) is 31.0 Å². The van der Waals surface area contributed by atoms with Gasteiger partial charge in [-0.15, -0.1) is 0 Å². The van der Waals surface area contributed by atoms with Crippen molar-refractivity contribution >= 4 is 22.8 Å². The minimum atomic E-state index is -0.959. The molecule has 7 nitrogen and oxygen atoms in total. The van der Waals surface area contributed by atoms with Crippen LogP contribution in [0.15, 0.2) is 59.7 Å². The molecule has 1 amide bonds. The van der Waals surface area contributed by atoms with Gasteiger partial charge in [0.2, 0.25) is 5.91 Å². The van der Waals surface area contributed by atoms with Crippen molar-refractivity contribution in [1.82, 2.24) is 14.9 Å². The first-order valence-corrected chi connectivity index (χ1v) is 9.44. The third-order valence-electron chi connectivity index (χ3n) is 4.85. The summed E-state index contributed by atoms with van der Waals surface area (Å²) in [7, 11) is 0. The summed E-state index contributed by atoms with van der Waals surface area (Å²) < 4.78 is 1.40. The fourth-order valence-electron chi connectivity index (χ4n) is 3.19. The van der Waals surface area contributed by atoms with Crippen LogP contribution >= 0.6 is 0 Å². The summed E-state index contributed by atoms with van der Waals surface area (Å²) in [6, 6.07) is 14.7. The van der Waals surface area contributed by atoms with E-state index in [2.05, 4.69) is 10.3 Å². The van der Waals surface area contributed by atoms with Gasteiger partial charge >= 0.3 is 5.97 Å². The van der Waals surface area contributed by atoms with Gasteiger partial charge < -0.3 is 10.4 Å². The summed E-state index contributed by atoms with van der Waals surface area (Å²) in [6.45, 7) is 2.10. The summed E-state index contributed by atoms with van der Waals surface area (Å²) in [5.41, 5.74) is 2.28. The molecule has 1 heterocycles. The SMILES string of the molecule is Cc1cccc2c(=O)n(CCC(=O)NCC(Cc3ccccc3)C(=O)O)cnc12. The van der Waals surface area contributed by atoms with Gasteiger partial charge in [0.1, 0.15) is 0 Å². The molecule has 0 saturated heterocycles. The number of rotatable bonds is 8. The van der Waals surface area contributed by atoms with E-state index < -0.39 is 11.9 Å². The molecule has 3 rings (SSSR count). The molecule has 29 heavy (non-hydrogen) atoms. The van der Waals surface area contributed by atoms with Crippen molar-refractivity contribution in [1.29, 1.82) is 0 Å². The third kappa shape index (κ3) is 5.07. The molecule has 7 heteroatoms. The number of carboxylic acids is 1. The summed E-state index contributed by atoms with van der Waals surface area (Å²) in [4.78, 5) is 40.6. The monoisotopic (exact) mass is 393 g/mol. The summed E-state index contributed by atoms with van der Waals surface area (Å²) >= 11 is 0. The molecule has 150 valence electrons. The number of aromatic nitrogens is 2. The Bertz CT molecular complexity index is 1080. The van der Waals surface area contributed by atoms with Crippen LogP contribution in [0.4, 0.5) is 0 Å². The number of hydrogen-bond donors (Lipinski definition) is 2. The second-order valence-electron chi connectivity index (χ2n) is 6.99. The molecule has 2 aromatic carbocycles. The average molecular weight is 393 g/mol. The Morgan fingerprint density at radius 2 is 1.90 bits per heavy atom. The van der Waals surface area contributed by atoms with Gasteiger partial charge in [-0.25, -0.2) is 4.98 Å². The zero-order valence-corrected chi connectivity index (χ0v) is 16.2. The van der Waals surface area contributed by atoms with E-state index in [9.17, 15) is 19.5 Å². The van der Waals surface area contributed by atoms with Crippen LogP contribution in [0.2, 0.25) is 0 Å². The largest absolute Gasteiger partial charge is 0.481 e. The maximum absolute atomic E-state index is 12.6. The van der Waals surface area contributed by atoms with Crippen molar-refractivity contribution in [3.63, 3.8) is 0 Å². The second-order valence-corrected chi connectivity index (χ2v) is 6.99. The number of amides is 1. The quantitative estimate of drug-likeness (QED) is 0.611. The fraction of sp³-hybridized carbons (Fsp3) is 0.273. The van der Waals surface area contributed by atoms with Gasteiger partial charge in [-0.05, 0) is 30.5 Å². The van der Waals surface area contributed by atoms with Crippen molar-refractivity contribution in [3.8, 4) is 0 Å². The van der Waals surface area contributed by atoms with Crippen molar-refractivity contribution in [2.45, 2.75) is 26.3 Å². The van der Waals surface area contributed by atoms with E-state index >= 15 is 0 Å². The van der Waals surface area contributed by atoms with Gasteiger partial charge in [-0.3, -0.25) is 19.0 Å². The number of aryl methyl sites for hydroxylation is 2. The molecule has 0 aliphatic carbocycles. The zero-order chi connectivity index (χ0) is 20.8. The second kappa shape index (κ2) is 9.14. The first kappa shape index (κ1) is 20.3. The summed E-state index contributed by atoms with van der Waals surface area (Å²) in [6.07, 6.45) is 1.85. The lowest BCUT2D eigenvalue weighted by Crippen LogP contribution is -2.35. The lowest BCUT2D eigenvalue weighted by molar-refractivity contribution is -0.141. The summed E-state index contributed by atoms with van der Waals surface area (Å²) in [5.74, 6) is -1.98. The van der Waals surface area contributed by atoms with E-state index in [0.717, 1.165) is 11.1 Å². The molecule has 1 aromatic heterocycles. The number of hydrogen-bond acceptors (Lipinski definition) is 4. The molecular formula is C22H23N3O4. The highest BCUT2D eigenvalue weighted by Gasteiger charge is 2.19. The van der Waals surface area contributed by atoms with Crippen molar-refractivity contribution < 1.29 is 14.7 Å². The number of benzene rings is 2. The topological polar surface area (TPSA) is 101 Å². The minimum absolute atomic E-state index is 0.0348. The molecule has 0 saturated carbocycles. The molecule has 0 bridgehead atoms. The predicted molar refractivity (Wildman–Crippen MR) is 110 cm³/mol. The van der Waals surface area contributed by atoms with Gasteiger partial charge in [0, 0.05) is 19.5 Å². The van der Waals surface area contributed by atoms with Crippen molar-refractivity contribution in [3.05, 3.63) is 76.3 Å². The normalized spacial score (nSPS) is 11.9. The van der Waals surface area contributed by atoms with Crippen molar-refractivity contribution in [2.24, 2.45) is 5.92 Å². The molecule has 0 fully saturated rings. The Morgan fingerprint density at radius 3 is 2.62 bits per heavy atom. The van der Waals surface area contributed by atoms with Crippen LogP contribution in [0.3, 0.4) is 0 Å². The maximum atomic E-state index is 12.6. The van der Waals surface area contributed by atoms with Crippen LogP contribution < -0.4 is 10.9 Å². The third-order valence-corrected chi connectivity index (χ3v) is 4.85. The number of nitrogens with zero attached hydrogens (tertiary/aromatic N) is 2. The zero-order valence-electron chi connectivity index (χ0n) is 16.2. The first-order valence-electron chi connectivity index (χ1n) is 9.44. The highest BCUT2D eigenvalue weighted by molar-refractivity contribution is 5.80. The van der Waals surface area contributed by atoms with Crippen LogP contribution in [0.25, 0.3) is 10.9 Å². The predicted octanol–water partition coefficient (Wildman–Crippen LogP) is 2.15. The lowest BCUT2D eigenvalue weighted by Gasteiger charge is -2.14. The van der Waals surface area contributed by atoms with Crippen LogP contribution in [-0.2, 0) is 22.6 Å². The molecule has 1 unspecified atom stereocenters. The number of fused-ring (bicyclic) bond motifs is 1. The van der Waals surface area contributed by atoms with Crippen molar-refractivity contribution in [2.75, 3.05) is 6.54 Å². The number of carboxylic acid groups (broad SMARTS) is 1. The Morgan fingerprint density at radius 1 is 1.14 bits per heavy atom. The molecule has 0 aliphatic rings. The van der Waals surface area contributed by atoms with Crippen LogP contribution in [-0.4, -0.2) is 33.1 Å². The number of para-hydroxylation sites is 1. The Labute approximate surface area is 168 Å². The van der Waals surface area contributed by atoms with Gasteiger partial charge in [-0.1, -0.05) is 42.5 Å². The first-order chi connectivity index (χ1) is 14.0. The van der Waals surface area contributed by atoms with Crippen LogP contribution in [0.5, 0.6) is 0 Å². The van der Waals surface area contributed by atoms with E-state index in [1.54, 1.807) is 12.1 Å². The van der Waals surface area contributed by atoms with Gasteiger partial charge in [0.15, 0.2) is 0 Å². The molecule has 0 radical (unpaired) electrons. The number of nitrogens with one attached hydrogen (secondary N) is 1. The molecule has 0 spiro atoms. The minimum Gasteiger partial charge on any atom is -0.481 e. The molecule has 3 aromatic rings. The van der Waals surface area contributed by atoms with Gasteiger partial charge in [-0.2, -0.15) is 0 Å². The van der Waals surface area contributed by atoms with E-state index in [0.29, 0.717) is 17.3 Å². The van der Waals surface area contributed by atoms with Gasteiger partial charge in [0.05, 0.1) is 23.1 Å². The molecular weight excluding hydrogens is 370 g/mol. The fourth-order valence-corrected chi connectivity index (χ4v) is 3.19. The smallest absolute Gasteiger partial charge is 0.308 e. The van der Waals surface area contributed by atoms with E-state index in [4.69, 9.17) is 0 Å². The molecule has 1 atom stereocenters. The number of aliphatic carboxylic acids is 1. The van der Waals surface area contributed by atoms with E-state index in [1.165, 1.54) is 10.9 Å². The Kier molecular flexibility index (Phi) is 6.39. The maximum Gasteiger partial charge on any atom is 0.308 e. The van der Waals surface area contributed by atoms with Crippen LogP contribution in [0.1, 0.15) is 17.5 Å². The van der Waals surface area contributed by atoms with E-state index in [1.807, 2.05) is 43.3 Å². The lowest BCUT2D eigenvalue weighted by atomic mass is 9.99. The Balaban J connectivity index is 1.58. The highest BCUT2D eigenvalue weighted by atomic mass is 16.4. The average Bonchev–Trinajstić information content (AvgIpc) is 2.71. The standard InChI is InChI=1S/C22H23N3O4/c1-15-6-5-9-18-20(15)24-14-25(21(18)27)11-10-19(26)23-13-17(22(28)29)12-16-7-3-2-4-8-16/h2-9,14,17H,10-13H2,1H3,(H,23,26)(H,28,29). The number of carbonyl (C=O) groups excluding carboxylic acids is 1. The molecule has 0 aliphatic heterocycles. The highest BCUT2D eigenvalue weighted by Crippen LogP contribution is 2.11.